The van der Waals surface area contributed by atoms with E-state index in [2.05, 4.69) is 6.58 Å². The zero-order valence-electron chi connectivity index (χ0n) is 28.1. The Morgan fingerprint density at radius 2 is 1.56 bits per heavy atom. The zero-order chi connectivity index (χ0) is 36.3. The van der Waals surface area contributed by atoms with Crippen molar-refractivity contribution < 1.29 is 29.2 Å². The Balaban J connectivity index is 1.35. The van der Waals surface area contributed by atoms with E-state index >= 15 is 9.59 Å². The second-order valence-electron chi connectivity index (χ2n) is 13.9. The maximum Gasteiger partial charge on any atom is 0.269 e. The summed E-state index contributed by atoms with van der Waals surface area (Å²) in [5.74, 6) is -5.42. The van der Waals surface area contributed by atoms with Crippen LogP contribution < -0.4 is 4.90 Å². The van der Waals surface area contributed by atoms with Crippen molar-refractivity contribution in [1.82, 2.24) is 0 Å². The number of aromatic hydroxyl groups is 1. The summed E-state index contributed by atoms with van der Waals surface area (Å²) in [6.45, 7) is 3.85. The van der Waals surface area contributed by atoms with Gasteiger partial charge in [-0.1, -0.05) is 96.6 Å². The van der Waals surface area contributed by atoms with E-state index in [0.717, 1.165) is 10.5 Å². The maximum absolute atomic E-state index is 15.2. The normalized spacial score (nSPS) is 26.5. The molecule has 2 amide bonds. The molecule has 2 fully saturated rings. The summed E-state index contributed by atoms with van der Waals surface area (Å²) in [7, 11) is 0. The molecule has 1 aliphatic heterocycles. The number of nitrogens with zero attached hydrogens (tertiary/aromatic N) is 2. The van der Waals surface area contributed by atoms with Crippen molar-refractivity contribution in [2.24, 2.45) is 23.7 Å². The number of anilines is 1. The summed E-state index contributed by atoms with van der Waals surface area (Å²) in [5.41, 5.74) is 1.91. The highest BCUT2D eigenvalue weighted by Crippen LogP contribution is 2.64. The maximum atomic E-state index is 15.2. The molecular weight excluding hydrogens is 656 g/mol. The monoisotopic (exact) mass is 690 g/mol. The van der Waals surface area contributed by atoms with E-state index < -0.39 is 51.7 Å². The fourth-order valence-corrected chi connectivity index (χ4v) is 9.36. The number of non-ortho nitro benzene ring substituents is 1. The molecule has 8 rings (SSSR count). The smallest absolute Gasteiger partial charge is 0.269 e. The molecule has 9 nitrogen and oxygen atoms in total. The predicted octanol–water partition coefficient (Wildman–Crippen LogP) is 7.06. The summed E-state index contributed by atoms with van der Waals surface area (Å²) >= 11 is 0. The van der Waals surface area contributed by atoms with Crippen LogP contribution in [0, 0.1) is 33.8 Å². The fraction of sp³-hybridized carbons (Fsp3) is 0.209. The summed E-state index contributed by atoms with van der Waals surface area (Å²) < 4.78 is 0. The fourth-order valence-electron chi connectivity index (χ4n) is 9.36. The van der Waals surface area contributed by atoms with Gasteiger partial charge in [0.15, 0.2) is 11.6 Å². The van der Waals surface area contributed by atoms with E-state index in [1.165, 1.54) is 30.3 Å². The third-order valence-corrected chi connectivity index (χ3v) is 11.5. The number of carbonyl (C=O) groups excluding carboxylic acids is 4. The van der Waals surface area contributed by atoms with Gasteiger partial charge in [-0.25, -0.2) is 0 Å². The van der Waals surface area contributed by atoms with Crippen LogP contribution >= 0.6 is 0 Å². The van der Waals surface area contributed by atoms with Crippen molar-refractivity contribution >= 4 is 40.3 Å². The Bertz CT molecular complexity index is 2240. The molecule has 0 bridgehead atoms. The van der Waals surface area contributed by atoms with E-state index in [1.54, 1.807) is 30.3 Å². The number of allylic oxidation sites excluding steroid dienone is 5. The molecule has 1 N–H and O–H groups in total. The number of phenolic OH excluding ortho intramolecular Hbond substituents is 1. The third kappa shape index (κ3) is 4.76. The van der Waals surface area contributed by atoms with Crippen molar-refractivity contribution in [3.63, 3.8) is 0 Å². The van der Waals surface area contributed by atoms with Crippen LogP contribution in [0.4, 0.5) is 11.4 Å². The number of hydrogen-bond donors (Lipinski definition) is 1. The van der Waals surface area contributed by atoms with Gasteiger partial charge in [0, 0.05) is 35.1 Å². The number of rotatable bonds is 7. The van der Waals surface area contributed by atoms with Gasteiger partial charge in [0.05, 0.1) is 27.9 Å². The second-order valence-corrected chi connectivity index (χ2v) is 13.9. The van der Waals surface area contributed by atoms with Gasteiger partial charge < -0.3 is 5.11 Å². The van der Waals surface area contributed by atoms with Gasteiger partial charge in [0.2, 0.25) is 11.8 Å². The number of amides is 2. The van der Waals surface area contributed by atoms with E-state index in [-0.39, 0.29) is 47.1 Å². The molecule has 4 aromatic carbocycles. The molecule has 6 unspecified atom stereocenters. The van der Waals surface area contributed by atoms with Gasteiger partial charge in [-0.15, -0.1) is 6.58 Å². The predicted molar refractivity (Wildman–Crippen MR) is 194 cm³/mol. The van der Waals surface area contributed by atoms with Crippen LogP contribution in [0.15, 0.2) is 134 Å². The lowest BCUT2D eigenvalue weighted by molar-refractivity contribution is -0.384. The Kier molecular flexibility index (Phi) is 7.94. The molecule has 1 heterocycles. The van der Waals surface area contributed by atoms with Crippen LogP contribution in [0.5, 0.6) is 5.75 Å². The highest BCUT2D eigenvalue weighted by molar-refractivity contribution is 6.32. The molecule has 9 heteroatoms. The molecule has 6 atom stereocenters. The van der Waals surface area contributed by atoms with Crippen molar-refractivity contribution in [2.75, 3.05) is 4.90 Å². The molecule has 52 heavy (non-hydrogen) atoms. The number of nitro groups is 1. The molecule has 1 saturated carbocycles. The lowest BCUT2D eigenvalue weighted by atomic mass is 9.44. The SMILES string of the molecule is C=CCc1cccc(C2C3=CCC4C(=O)N(c5ccc([N+](=O)[O-])cc5)C(=O)C4C3CC3C(=O)C(c4ccccc4)=CC(=O)C32c2ccccc2)c1O. The second kappa shape index (κ2) is 12.5. The van der Waals surface area contributed by atoms with Gasteiger partial charge in [-0.05, 0) is 60.1 Å². The highest BCUT2D eigenvalue weighted by Gasteiger charge is 2.66. The van der Waals surface area contributed by atoms with Crippen LogP contribution in [0.1, 0.15) is 41.0 Å². The number of hydrogen-bond acceptors (Lipinski definition) is 7. The van der Waals surface area contributed by atoms with Gasteiger partial charge in [-0.2, -0.15) is 0 Å². The van der Waals surface area contributed by atoms with Crippen LogP contribution in [-0.2, 0) is 31.0 Å². The molecule has 0 aromatic heterocycles. The lowest BCUT2D eigenvalue weighted by Crippen LogP contribution is -2.58. The number of ketones is 2. The third-order valence-electron chi connectivity index (χ3n) is 11.5. The van der Waals surface area contributed by atoms with Crippen molar-refractivity contribution in [1.29, 1.82) is 0 Å². The van der Waals surface area contributed by atoms with Gasteiger partial charge in [0.25, 0.3) is 5.69 Å². The number of para-hydroxylation sites is 1. The topological polar surface area (TPSA) is 135 Å². The van der Waals surface area contributed by atoms with E-state index in [9.17, 15) is 24.8 Å². The molecule has 4 aromatic rings. The largest absolute Gasteiger partial charge is 0.507 e. The van der Waals surface area contributed by atoms with Crippen molar-refractivity contribution in [3.05, 3.63) is 166 Å². The van der Waals surface area contributed by atoms with Crippen LogP contribution in [0.25, 0.3) is 5.57 Å². The van der Waals surface area contributed by atoms with Gasteiger partial charge in [0.1, 0.15) is 5.75 Å². The number of carbonyl (C=O) groups is 4. The number of benzene rings is 4. The molecule has 0 spiro atoms. The van der Waals surface area contributed by atoms with E-state index in [4.69, 9.17) is 0 Å². The molecule has 4 aliphatic rings. The van der Waals surface area contributed by atoms with Crippen LogP contribution in [-0.4, -0.2) is 33.4 Å². The number of phenols is 1. The van der Waals surface area contributed by atoms with Crippen molar-refractivity contribution in [2.45, 2.75) is 30.6 Å². The summed E-state index contributed by atoms with van der Waals surface area (Å²) in [6.07, 6.45) is 5.76. The van der Waals surface area contributed by atoms with E-state index in [1.807, 2.05) is 60.7 Å². The summed E-state index contributed by atoms with van der Waals surface area (Å²) in [6, 6.07) is 28.9. The molecular formula is C43H34N2O7. The Morgan fingerprint density at radius 1 is 0.865 bits per heavy atom. The minimum atomic E-state index is -1.47. The molecule has 0 radical (unpaired) electrons. The summed E-state index contributed by atoms with van der Waals surface area (Å²) in [5, 5.41) is 23.3. The highest BCUT2D eigenvalue weighted by atomic mass is 16.6. The zero-order valence-corrected chi connectivity index (χ0v) is 28.1. The molecule has 1 saturated heterocycles. The number of Topliss-reactive ketones (excluding diaryl/α,β-unsaturated/α-hetero) is 1. The number of fused-ring (bicyclic) bond motifs is 4. The Labute approximate surface area is 299 Å². The van der Waals surface area contributed by atoms with E-state index in [0.29, 0.717) is 28.7 Å². The van der Waals surface area contributed by atoms with Gasteiger partial charge >= 0.3 is 0 Å². The minimum absolute atomic E-state index is 0.00968. The lowest BCUT2D eigenvalue weighted by Gasteiger charge is -2.55. The van der Waals surface area contributed by atoms with Crippen molar-refractivity contribution in [3.8, 4) is 5.75 Å². The molecule has 3 aliphatic carbocycles. The average molecular weight is 691 g/mol. The quantitative estimate of drug-likeness (QED) is 0.0950. The minimum Gasteiger partial charge on any atom is -0.507 e. The first-order valence-corrected chi connectivity index (χ1v) is 17.3. The Morgan fingerprint density at radius 3 is 2.23 bits per heavy atom. The standard InChI is InChI=1S/C43H34N2O7/c1-2-10-26-13-9-16-32(39(26)47)38-30-21-22-31-37(42(50)44(41(31)49)28-17-19-29(20-18-28)45(51)52)34(30)23-35-40(48)33(25-11-5-3-6-12-25)24-36(46)43(35,38)27-14-7-4-8-15-27/h2-9,11-21,24,31,34-35,37-38,47H,1,10,22-23H2. The van der Waals surface area contributed by atoms with Gasteiger partial charge in [-0.3, -0.25) is 34.2 Å². The average Bonchev–Trinajstić information content (AvgIpc) is 3.42. The first-order valence-electron chi connectivity index (χ1n) is 17.3. The van der Waals surface area contributed by atoms with Crippen LogP contribution in [0.3, 0.4) is 0 Å². The number of imide groups is 1. The van der Waals surface area contributed by atoms with Crippen LogP contribution in [0.2, 0.25) is 0 Å². The summed E-state index contributed by atoms with van der Waals surface area (Å²) in [4.78, 5) is 70.7. The first kappa shape index (κ1) is 33.0. The first-order chi connectivity index (χ1) is 25.2. The molecule has 258 valence electrons. The number of nitro benzene ring substituents is 1. The Hall–Kier alpha value is -6.22.